The van der Waals surface area contributed by atoms with Gasteiger partial charge >= 0.3 is 0 Å². The second kappa shape index (κ2) is 6.05. The van der Waals surface area contributed by atoms with Crippen LogP contribution < -0.4 is 10.6 Å². The first kappa shape index (κ1) is 14.4. The molecular weight excluding hydrogens is 281 g/mol. The van der Waals surface area contributed by atoms with Crippen LogP contribution >= 0.6 is 0 Å². The second-order valence-corrected chi connectivity index (χ2v) is 5.38. The summed E-state index contributed by atoms with van der Waals surface area (Å²) in [5.41, 5.74) is 7.92. The van der Waals surface area contributed by atoms with E-state index in [1.807, 2.05) is 4.90 Å². The Morgan fingerprint density at radius 2 is 1.68 bits per heavy atom. The molecule has 0 bridgehead atoms. The number of carbonyl (C=O) groups is 1. The summed E-state index contributed by atoms with van der Waals surface area (Å²) in [7, 11) is 0. The van der Waals surface area contributed by atoms with Crippen molar-refractivity contribution in [2.45, 2.75) is 0 Å². The topological polar surface area (TPSA) is 49.6 Å². The van der Waals surface area contributed by atoms with E-state index in [1.165, 1.54) is 12.1 Å². The van der Waals surface area contributed by atoms with E-state index in [1.54, 1.807) is 36.4 Å². The number of hydrogen-bond acceptors (Lipinski definition) is 3. The highest BCUT2D eigenvalue weighted by Gasteiger charge is 2.22. The average molecular weight is 299 g/mol. The normalized spacial score (nSPS) is 15.0. The van der Waals surface area contributed by atoms with Gasteiger partial charge < -0.3 is 15.5 Å². The van der Waals surface area contributed by atoms with Crippen molar-refractivity contribution in [3.8, 4) is 0 Å². The molecule has 5 heteroatoms. The zero-order valence-electron chi connectivity index (χ0n) is 12.2. The maximum Gasteiger partial charge on any atom is 0.254 e. The van der Waals surface area contributed by atoms with Gasteiger partial charge in [-0.2, -0.15) is 0 Å². The van der Waals surface area contributed by atoms with Crippen LogP contribution in [0.15, 0.2) is 48.5 Å². The van der Waals surface area contributed by atoms with Crippen LogP contribution in [0.1, 0.15) is 10.4 Å². The monoisotopic (exact) mass is 299 g/mol. The first-order chi connectivity index (χ1) is 10.6. The number of halogens is 1. The molecule has 0 saturated carbocycles. The van der Waals surface area contributed by atoms with E-state index in [0.29, 0.717) is 24.3 Å². The number of benzene rings is 2. The van der Waals surface area contributed by atoms with Crippen LogP contribution in [0.5, 0.6) is 0 Å². The van der Waals surface area contributed by atoms with Crippen molar-refractivity contribution in [1.29, 1.82) is 0 Å². The van der Waals surface area contributed by atoms with Crippen molar-refractivity contribution in [3.63, 3.8) is 0 Å². The molecular formula is C17H18FN3O. The van der Waals surface area contributed by atoms with E-state index in [2.05, 4.69) is 4.90 Å². The maximum absolute atomic E-state index is 13.0. The molecule has 3 rings (SSSR count). The highest BCUT2D eigenvalue weighted by atomic mass is 19.1. The van der Waals surface area contributed by atoms with Crippen LogP contribution in [0.4, 0.5) is 15.8 Å². The van der Waals surface area contributed by atoms with Crippen molar-refractivity contribution in [2.24, 2.45) is 0 Å². The number of nitrogens with zero attached hydrogens (tertiary/aromatic N) is 2. The van der Waals surface area contributed by atoms with Gasteiger partial charge in [0.15, 0.2) is 0 Å². The summed E-state index contributed by atoms with van der Waals surface area (Å²) in [4.78, 5) is 16.4. The molecule has 1 fully saturated rings. The van der Waals surface area contributed by atoms with Gasteiger partial charge in [-0.15, -0.1) is 0 Å². The summed E-state index contributed by atoms with van der Waals surface area (Å²) in [6.45, 7) is 2.76. The Kier molecular flexibility index (Phi) is 3.96. The Morgan fingerprint density at radius 1 is 1.00 bits per heavy atom. The van der Waals surface area contributed by atoms with Gasteiger partial charge in [0.1, 0.15) is 5.82 Å². The molecule has 1 saturated heterocycles. The van der Waals surface area contributed by atoms with Crippen molar-refractivity contribution >= 4 is 17.3 Å². The third-order valence-electron chi connectivity index (χ3n) is 3.89. The fraction of sp³-hybridized carbons (Fsp3) is 0.235. The predicted octanol–water partition coefficient (Wildman–Crippen LogP) is 2.37. The molecule has 2 N–H and O–H groups in total. The molecule has 1 heterocycles. The molecule has 22 heavy (non-hydrogen) atoms. The Labute approximate surface area is 128 Å². The van der Waals surface area contributed by atoms with Gasteiger partial charge in [0.25, 0.3) is 5.91 Å². The van der Waals surface area contributed by atoms with Crippen molar-refractivity contribution in [3.05, 3.63) is 59.9 Å². The van der Waals surface area contributed by atoms with E-state index in [0.717, 1.165) is 18.8 Å². The summed E-state index contributed by atoms with van der Waals surface area (Å²) < 4.78 is 13.0. The molecule has 2 aromatic rings. The summed E-state index contributed by atoms with van der Waals surface area (Å²) in [5, 5.41) is 0. The summed E-state index contributed by atoms with van der Waals surface area (Å²) in [5.74, 6) is -0.231. The summed E-state index contributed by atoms with van der Waals surface area (Å²) >= 11 is 0. The molecule has 0 aromatic heterocycles. The standard InChI is InChI=1S/C17H18FN3O/c18-14-4-6-16(7-5-14)20-8-10-21(11-9-20)17(22)13-2-1-3-15(19)12-13/h1-7,12H,8-11,19H2. The van der Waals surface area contributed by atoms with Crippen molar-refractivity contribution in [2.75, 3.05) is 36.8 Å². The first-order valence-electron chi connectivity index (χ1n) is 7.29. The van der Waals surface area contributed by atoms with Gasteiger partial charge in [0, 0.05) is 43.1 Å². The Hall–Kier alpha value is -2.56. The number of anilines is 2. The van der Waals surface area contributed by atoms with Crippen LogP contribution in [-0.2, 0) is 0 Å². The Balaban J connectivity index is 1.64. The molecule has 0 radical (unpaired) electrons. The molecule has 0 aliphatic carbocycles. The zero-order chi connectivity index (χ0) is 15.5. The fourth-order valence-electron chi connectivity index (χ4n) is 2.67. The Morgan fingerprint density at radius 3 is 2.32 bits per heavy atom. The number of rotatable bonds is 2. The minimum absolute atomic E-state index is 0.00561. The molecule has 1 aliphatic rings. The second-order valence-electron chi connectivity index (χ2n) is 5.38. The van der Waals surface area contributed by atoms with Gasteiger partial charge in [0.2, 0.25) is 0 Å². The van der Waals surface area contributed by atoms with E-state index in [9.17, 15) is 9.18 Å². The smallest absolute Gasteiger partial charge is 0.254 e. The lowest BCUT2D eigenvalue weighted by molar-refractivity contribution is 0.0747. The highest BCUT2D eigenvalue weighted by molar-refractivity contribution is 5.95. The van der Waals surface area contributed by atoms with E-state index < -0.39 is 0 Å². The Bertz CT molecular complexity index is 664. The SMILES string of the molecule is Nc1cccc(C(=O)N2CCN(c3ccc(F)cc3)CC2)c1. The van der Waals surface area contributed by atoms with Crippen LogP contribution in [0, 0.1) is 5.82 Å². The predicted molar refractivity (Wildman–Crippen MR) is 85.4 cm³/mol. The number of piperazine rings is 1. The van der Waals surface area contributed by atoms with E-state index in [-0.39, 0.29) is 11.7 Å². The first-order valence-corrected chi connectivity index (χ1v) is 7.29. The lowest BCUT2D eigenvalue weighted by Crippen LogP contribution is -2.48. The van der Waals surface area contributed by atoms with Crippen LogP contribution in [0.2, 0.25) is 0 Å². The van der Waals surface area contributed by atoms with Gasteiger partial charge in [-0.3, -0.25) is 4.79 Å². The maximum atomic E-state index is 13.0. The lowest BCUT2D eigenvalue weighted by Gasteiger charge is -2.36. The van der Waals surface area contributed by atoms with Gasteiger partial charge in [-0.1, -0.05) is 6.07 Å². The largest absolute Gasteiger partial charge is 0.399 e. The number of carbonyl (C=O) groups excluding carboxylic acids is 1. The van der Waals surface area contributed by atoms with Crippen LogP contribution in [0.3, 0.4) is 0 Å². The molecule has 0 atom stereocenters. The van der Waals surface area contributed by atoms with Crippen LogP contribution in [0.25, 0.3) is 0 Å². The molecule has 0 spiro atoms. The van der Waals surface area contributed by atoms with Gasteiger partial charge in [-0.05, 0) is 42.5 Å². The minimum Gasteiger partial charge on any atom is -0.399 e. The van der Waals surface area contributed by atoms with Crippen molar-refractivity contribution < 1.29 is 9.18 Å². The highest BCUT2D eigenvalue weighted by Crippen LogP contribution is 2.18. The summed E-state index contributed by atoms with van der Waals surface area (Å²) in [6.07, 6.45) is 0. The van der Waals surface area contributed by atoms with Gasteiger partial charge in [0.05, 0.1) is 0 Å². The third-order valence-corrected chi connectivity index (χ3v) is 3.89. The number of amides is 1. The molecule has 1 aliphatic heterocycles. The molecule has 1 amide bonds. The molecule has 114 valence electrons. The number of nitrogens with two attached hydrogens (primary N) is 1. The van der Waals surface area contributed by atoms with Crippen LogP contribution in [-0.4, -0.2) is 37.0 Å². The molecule has 2 aromatic carbocycles. The minimum atomic E-state index is -0.237. The third kappa shape index (κ3) is 3.03. The average Bonchev–Trinajstić information content (AvgIpc) is 2.55. The zero-order valence-corrected chi connectivity index (χ0v) is 12.2. The van der Waals surface area contributed by atoms with E-state index >= 15 is 0 Å². The molecule has 4 nitrogen and oxygen atoms in total. The fourth-order valence-corrected chi connectivity index (χ4v) is 2.67. The quantitative estimate of drug-likeness (QED) is 0.866. The van der Waals surface area contributed by atoms with Gasteiger partial charge in [-0.25, -0.2) is 4.39 Å². The van der Waals surface area contributed by atoms with E-state index in [4.69, 9.17) is 5.73 Å². The molecule has 0 unspecified atom stereocenters. The number of nitrogen functional groups attached to an aromatic ring is 1. The lowest BCUT2D eigenvalue weighted by atomic mass is 10.1. The summed E-state index contributed by atoms with van der Waals surface area (Å²) in [6, 6.07) is 13.5. The van der Waals surface area contributed by atoms with Crippen molar-refractivity contribution in [1.82, 2.24) is 4.90 Å². The number of hydrogen-bond donors (Lipinski definition) is 1.